The first-order valence-corrected chi connectivity index (χ1v) is 5.92. The third-order valence-corrected chi connectivity index (χ3v) is 3.37. The Labute approximate surface area is 107 Å². The predicted molar refractivity (Wildman–Crippen MR) is 64.2 cm³/mol. The summed E-state index contributed by atoms with van der Waals surface area (Å²) in [4.78, 5) is 4.14. The van der Waals surface area contributed by atoms with Crippen LogP contribution in [0.3, 0.4) is 0 Å². The van der Waals surface area contributed by atoms with Gasteiger partial charge < -0.3 is 0 Å². The van der Waals surface area contributed by atoms with Crippen LogP contribution in [0.1, 0.15) is 11.1 Å². The Morgan fingerprint density at radius 2 is 2.06 bits per heavy atom. The molecular weight excluding hydrogens is 254 g/mol. The van der Waals surface area contributed by atoms with E-state index in [0.717, 1.165) is 35.5 Å². The molecule has 90 valence electrons. The van der Waals surface area contributed by atoms with E-state index in [2.05, 4.69) is 4.98 Å². The molecule has 0 bridgehead atoms. The van der Waals surface area contributed by atoms with Crippen LogP contribution in [0.5, 0.6) is 0 Å². The summed E-state index contributed by atoms with van der Waals surface area (Å²) in [6.07, 6.45) is 1.54. The highest BCUT2D eigenvalue weighted by atomic mass is 32.2. The summed E-state index contributed by atoms with van der Waals surface area (Å²) in [5.41, 5.74) is 1.14. The molecule has 0 aliphatic carbocycles. The second kappa shape index (κ2) is 5.15. The minimum Gasteiger partial charge on any atom is -0.248 e. The molecule has 0 amide bonds. The molecule has 0 atom stereocenters. The number of pyridine rings is 1. The highest BCUT2D eigenvalue weighted by molar-refractivity contribution is 7.99. The van der Waals surface area contributed by atoms with Gasteiger partial charge in [0.25, 0.3) is 0 Å². The molecule has 0 fully saturated rings. The van der Waals surface area contributed by atoms with Gasteiger partial charge in [0.15, 0.2) is 0 Å². The van der Waals surface area contributed by atoms with E-state index in [1.54, 1.807) is 13.0 Å². The van der Waals surface area contributed by atoms with Gasteiger partial charge in [-0.25, -0.2) is 13.8 Å². The number of halogens is 2. The number of aryl methyl sites for hydroxylation is 1. The third-order valence-electron chi connectivity index (χ3n) is 2.34. The van der Waals surface area contributed by atoms with Gasteiger partial charge >= 0.3 is 0 Å². The van der Waals surface area contributed by atoms with Gasteiger partial charge in [0, 0.05) is 6.20 Å². The summed E-state index contributed by atoms with van der Waals surface area (Å²) in [5, 5.41) is 9.41. The zero-order valence-corrected chi connectivity index (χ0v) is 10.3. The predicted octanol–water partition coefficient (Wildman–Crippen LogP) is 3.69. The molecule has 2 aromatic rings. The van der Waals surface area contributed by atoms with Gasteiger partial charge in [-0.2, -0.15) is 5.26 Å². The molecule has 0 radical (unpaired) electrons. The first-order chi connectivity index (χ1) is 8.61. The second-order valence-electron chi connectivity index (χ2n) is 3.60. The van der Waals surface area contributed by atoms with Gasteiger partial charge in [0.05, 0.1) is 10.5 Å². The number of rotatable bonds is 2. The maximum atomic E-state index is 13.5. The van der Waals surface area contributed by atoms with E-state index in [4.69, 9.17) is 5.26 Å². The largest absolute Gasteiger partial charge is 0.248 e. The molecule has 0 N–H and O–H groups in total. The fourth-order valence-electron chi connectivity index (χ4n) is 1.41. The zero-order valence-electron chi connectivity index (χ0n) is 9.45. The number of benzene rings is 1. The Bertz CT molecular complexity index is 635. The smallest absolute Gasteiger partial charge is 0.137 e. The molecule has 0 aliphatic rings. The highest BCUT2D eigenvalue weighted by Gasteiger charge is 2.11. The van der Waals surface area contributed by atoms with Crippen LogP contribution in [0.2, 0.25) is 0 Å². The van der Waals surface area contributed by atoms with Crippen LogP contribution in [-0.4, -0.2) is 4.98 Å². The molecular formula is C13H8F2N2S. The molecule has 0 unspecified atom stereocenters. The fourth-order valence-corrected chi connectivity index (χ4v) is 2.37. The molecule has 1 heterocycles. The lowest BCUT2D eigenvalue weighted by atomic mass is 10.2. The summed E-state index contributed by atoms with van der Waals surface area (Å²) < 4.78 is 26.5. The van der Waals surface area contributed by atoms with Crippen molar-refractivity contribution in [2.24, 2.45) is 0 Å². The molecule has 1 aromatic heterocycles. The summed E-state index contributed by atoms with van der Waals surface area (Å²) in [7, 11) is 0. The standard InChI is InChI=1S/C13H8F2N2S/c1-8-4-5-17-13(10(8)7-16)18-12-6-9(14)2-3-11(12)15/h2-6H,1H3. The highest BCUT2D eigenvalue weighted by Crippen LogP contribution is 2.31. The average molecular weight is 262 g/mol. The van der Waals surface area contributed by atoms with Crippen molar-refractivity contribution in [2.45, 2.75) is 16.8 Å². The van der Waals surface area contributed by atoms with Crippen molar-refractivity contribution in [1.82, 2.24) is 4.98 Å². The zero-order chi connectivity index (χ0) is 13.1. The lowest BCUT2D eigenvalue weighted by Crippen LogP contribution is -1.91. The lowest BCUT2D eigenvalue weighted by molar-refractivity contribution is 0.577. The monoisotopic (exact) mass is 262 g/mol. The van der Waals surface area contributed by atoms with Crippen LogP contribution in [0.15, 0.2) is 40.4 Å². The van der Waals surface area contributed by atoms with Crippen LogP contribution < -0.4 is 0 Å². The minimum absolute atomic E-state index is 0.115. The van der Waals surface area contributed by atoms with Crippen molar-refractivity contribution in [2.75, 3.05) is 0 Å². The molecule has 18 heavy (non-hydrogen) atoms. The summed E-state index contributed by atoms with van der Waals surface area (Å²) >= 11 is 0.945. The van der Waals surface area contributed by atoms with E-state index < -0.39 is 11.6 Å². The van der Waals surface area contributed by atoms with Crippen LogP contribution in [0.4, 0.5) is 8.78 Å². The Balaban J connectivity index is 2.44. The Hall–Kier alpha value is -1.93. The van der Waals surface area contributed by atoms with Crippen molar-refractivity contribution >= 4 is 11.8 Å². The van der Waals surface area contributed by atoms with Gasteiger partial charge in [-0.15, -0.1) is 0 Å². The Morgan fingerprint density at radius 1 is 1.28 bits per heavy atom. The van der Waals surface area contributed by atoms with Gasteiger partial charge in [-0.3, -0.25) is 0 Å². The van der Waals surface area contributed by atoms with Crippen LogP contribution in [0.25, 0.3) is 0 Å². The number of hydrogen-bond acceptors (Lipinski definition) is 3. The minimum atomic E-state index is -0.534. The summed E-state index contributed by atoms with van der Waals surface area (Å²) in [6, 6.07) is 6.91. The lowest BCUT2D eigenvalue weighted by Gasteiger charge is -2.06. The van der Waals surface area contributed by atoms with Crippen molar-refractivity contribution < 1.29 is 8.78 Å². The van der Waals surface area contributed by atoms with Gasteiger partial charge in [-0.1, -0.05) is 11.8 Å². The van der Waals surface area contributed by atoms with E-state index in [1.165, 1.54) is 6.20 Å². The summed E-state index contributed by atoms with van der Waals surface area (Å²) in [6.45, 7) is 1.77. The first kappa shape index (κ1) is 12.5. The maximum absolute atomic E-state index is 13.5. The topological polar surface area (TPSA) is 36.7 Å². The van der Waals surface area contributed by atoms with E-state index in [-0.39, 0.29) is 4.90 Å². The molecule has 0 aliphatic heterocycles. The number of hydrogen-bond donors (Lipinski definition) is 0. The second-order valence-corrected chi connectivity index (χ2v) is 4.63. The Morgan fingerprint density at radius 3 is 2.78 bits per heavy atom. The van der Waals surface area contributed by atoms with Crippen LogP contribution in [0, 0.1) is 29.9 Å². The van der Waals surface area contributed by atoms with Crippen molar-refractivity contribution in [3.63, 3.8) is 0 Å². The van der Waals surface area contributed by atoms with E-state index in [1.807, 2.05) is 6.07 Å². The van der Waals surface area contributed by atoms with E-state index in [9.17, 15) is 8.78 Å². The normalized spacial score (nSPS) is 10.1. The third kappa shape index (κ3) is 2.49. The molecule has 2 rings (SSSR count). The number of nitriles is 1. The molecule has 1 aromatic carbocycles. The van der Waals surface area contributed by atoms with Crippen molar-refractivity contribution in [3.8, 4) is 6.07 Å². The molecule has 2 nitrogen and oxygen atoms in total. The number of nitrogens with zero attached hydrogens (tertiary/aromatic N) is 2. The van der Waals surface area contributed by atoms with Gasteiger partial charge in [0.2, 0.25) is 0 Å². The molecule has 5 heteroatoms. The van der Waals surface area contributed by atoms with Crippen LogP contribution in [-0.2, 0) is 0 Å². The van der Waals surface area contributed by atoms with Crippen LogP contribution >= 0.6 is 11.8 Å². The SMILES string of the molecule is Cc1ccnc(Sc2cc(F)ccc2F)c1C#N. The van der Waals surface area contributed by atoms with Gasteiger partial charge in [-0.05, 0) is 36.8 Å². The maximum Gasteiger partial charge on any atom is 0.137 e. The Kier molecular flexibility index (Phi) is 3.58. The molecule has 0 saturated heterocycles. The first-order valence-electron chi connectivity index (χ1n) is 5.10. The van der Waals surface area contributed by atoms with Crippen molar-refractivity contribution in [1.29, 1.82) is 5.26 Å². The van der Waals surface area contributed by atoms with Crippen molar-refractivity contribution in [3.05, 3.63) is 53.2 Å². The number of aromatic nitrogens is 1. The van der Waals surface area contributed by atoms with E-state index in [0.29, 0.717) is 10.6 Å². The molecule has 0 spiro atoms. The van der Waals surface area contributed by atoms with Gasteiger partial charge in [0.1, 0.15) is 22.7 Å². The quantitative estimate of drug-likeness (QED) is 0.828. The van der Waals surface area contributed by atoms with E-state index >= 15 is 0 Å². The fraction of sp³-hybridized carbons (Fsp3) is 0.0769. The average Bonchev–Trinajstić information content (AvgIpc) is 2.34. The summed E-state index contributed by atoms with van der Waals surface area (Å²) in [5.74, 6) is -1.06. The molecule has 0 saturated carbocycles.